The highest BCUT2D eigenvalue weighted by atomic mass is 16.5. The van der Waals surface area contributed by atoms with Crippen molar-refractivity contribution in [2.75, 3.05) is 26.3 Å². The van der Waals surface area contributed by atoms with E-state index < -0.39 is 0 Å². The first-order valence-corrected chi connectivity index (χ1v) is 10.8. The van der Waals surface area contributed by atoms with Gasteiger partial charge in [-0.3, -0.25) is 4.79 Å². The fourth-order valence-corrected chi connectivity index (χ4v) is 4.95. The van der Waals surface area contributed by atoms with Crippen molar-refractivity contribution in [3.05, 3.63) is 47.5 Å². The molecule has 1 atom stereocenters. The highest BCUT2D eigenvalue weighted by molar-refractivity contribution is 5.79. The largest absolute Gasteiger partial charge is 0.381 e. The van der Waals surface area contributed by atoms with Crippen molar-refractivity contribution >= 4 is 5.91 Å². The molecule has 1 spiro atoms. The van der Waals surface area contributed by atoms with E-state index in [0.717, 1.165) is 57.1 Å². The molecule has 2 fully saturated rings. The van der Waals surface area contributed by atoms with Crippen LogP contribution in [0, 0.1) is 18.3 Å². The Morgan fingerprint density at radius 1 is 1.28 bits per heavy atom. The zero-order chi connectivity index (χ0) is 20.4. The molecule has 3 heterocycles. The Hall–Kier alpha value is -2.21. The molecule has 0 saturated carbocycles. The third-order valence-electron chi connectivity index (χ3n) is 6.61. The number of rotatable bonds is 5. The van der Waals surface area contributed by atoms with Gasteiger partial charge in [-0.05, 0) is 36.8 Å². The standard InChI is InChI=1S/C23H32N4O2/c1-17(2)13-27-16-24-25-22(27)20-14-26(15-23(20)8-10-29-11-9-23)21(28)12-19-7-5-4-6-18(19)3/h4-7,16-17,20H,8-15H2,1-3H3. The molecule has 2 aromatic rings. The number of likely N-dealkylation sites (tertiary alicyclic amines) is 1. The van der Waals surface area contributed by atoms with Gasteiger partial charge in [0.1, 0.15) is 12.2 Å². The number of aromatic nitrogens is 3. The van der Waals surface area contributed by atoms with Gasteiger partial charge in [0, 0.05) is 44.2 Å². The van der Waals surface area contributed by atoms with Gasteiger partial charge in [0.15, 0.2) is 0 Å². The van der Waals surface area contributed by atoms with E-state index >= 15 is 0 Å². The van der Waals surface area contributed by atoms with E-state index in [0.29, 0.717) is 12.3 Å². The number of carbonyl (C=O) groups is 1. The van der Waals surface area contributed by atoms with Crippen LogP contribution in [0.5, 0.6) is 0 Å². The van der Waals surface area contributed by atoms with Gasteiger partial charge < -0.3 is 14.2 Å². The lowest BCUT2D eigenvalue weighted by Crippen LogP contribution is -2.38. The van der Waals surface area contributed by atoms with Crippen molar-refractivity contribution in [2.24, 2.45) is 11.3 Å². The van der Waals surface area contributed by atoms with Crippen LogP contribution in [0.15, 0.2) is 30.6 Å². The maximum atomic E-state index is 13.2. The van der Waals surface area contributed by atoms with E-state index in [1.54, 1.807) is 0 Å². The van der Waals surface area contributed by atoms with Gasteiger partial charge in [0.2, 0.25) is 5.91 Å². The average molecular weight is 397 g/mol. The lowest BCUT2D eigenvalue weighted by molar-refractivity contribution is -0.130. The number of aryl methyl sites for hydroxylation is 1. The molecule has 0 bridgehead atoms. The summed E-state index contributed by atoms with van der Waals surface area (Å²) < 4.78 is 7.87. The Labute approximate surface area is 173 Å². The predicted octanol–water partition coefficient (Wildman–Crippen LogP) is 3.21. The molecule has 1 aromatic heterocycles. The molecule has 0 aliphatic carbocycles. The molecule has 6 nitrogen and oxygen atoms in total. The minimum Gasteiger partial charge on any atom is -0.381 e. The van der Waals surface area contributed by atoms with Gasteiger partial charge in [-0.15, -0.1) is 10.2 Å². The average Bonchev–Trinajstić information content (AvgIpc) is 3.28. The first-order chi connectivity index (χ1) is 14.0. The topological polar surface area (TPSA) is 60.2 Å². The van der Waals surface area contributed by atoms with E-state index in [2.05, 4.69) is 52.6 Å². The Bertz CT molecular complexity index is 854. The van der Waals surface area contributed by atoms with Gasteiger partial charge in [0.25, 0.3) is 0 Å². The smallest absolute Gasteiger partial charge is 0.227 e. The second-order valence-corrected chi connectivity index (χ2v) is 9.14. The van der Waals surface area contributed by atoms with E-state index in [1.165, 1.54) is 5.56 Å². The molecule has 1 unspecified atom stereocenters. The van der Waals surface area contributed by atoms with Crippen LogP contribution in [0.2, 0.25) is 0 Å². The highest BCUT2D eigenvalue weighted by Gasteiger charge is 2.50. The monoisotopic (exact) mass is 396 g/mol. The molecule has 2 aliphatic heterocycles. The Kier molecular flexibility index (Phi) is 5.72. The van der Waals surface area contributed by atoms with Crippen LogP contribution in [0.4, 0.5) is 0 Å². The van der Waals surface area contributed by atoms with E-state index in [-0.39, 0.29) is 17.2 Å². The maximum Gasteiger partial charge on any atom is 0.227 e. The first kappa shape index (κ1) is 20.1. The molecular formula is C23H32N4O2. The first-order valence-electron chi connectivity index (χ1n) is 10.8. The molecule has 29 heavy (non-hydrogen) atoms. The predicted molar refractivity (Wildman–Crippen MR) is 112 cm³/mol. The van der Waals surface area contributed by atoms with Crippen molar-refractivity contribution in [2.45, 2.75) is 52.5 Å². The summed E-state index contributed by atoms with van der Waals surface area (Å²) >= 11 is 0. The quantitative estimate of drug-likeness (QED) is 0.779. The molecule has 2 saturated heterocycles. The molecule has 1 amide bonds. The fraction of sp³-hybridized carbons (Fsp3) is 0.609. The van der Waals surface area contributed by atoms with Crippen LogP contribution < -0.4 is 0 Å². The minimum absolute atomic E-state index is 0.0431. The summed E-state index contributed by atoms with van der Waals surface area (Å²) in [5, 5.41) is 8.75. The number of ether oxygens (including phenoxy) is 1. The van der Waals surface area contributed by atoms with E-state index in [1.807, 2.05) is 18.5 Å². The molecule has 0 radical (unpaired) electrons. The van der Waals surface area contributed by atoms with E-state index in [4.69, 9.17) is 4.74 Å². The zero-order valence-electron chi connectivity index (χ0n) is 17.8. The van der Waals surface area contributed by atoms with Crippen LogP contribution in [-0.2, 0) is 22.5 Å². The van der Waals surface area contributed by atoms with Crippen LogP contribution in [0.25, 0.3) is 0 Å². The summed E-state index contributed by atoms with van der Waals surface area (Å²) in [7, 11) is 0. The molecule has 6 heteroatoms. The van der Waals surface area contributed by atoms with Crippen molar-refractivity contribution < 1.29 is 9.53 Å². The molecule has 2 aliphatic rings. The molecule has 156 valence electrons. The summed E-state index contributed by atoms with van der Waals surface area (Å²) in [6, 6.07) is 8.17. The number of carbonyl (C=O) groups excluding carboxylic acids is 1. The Morgan fingerprint density at radius 2 is 2.03 bits per heavy atom. The van der Waals surface area contributed by atoms with Gasteiger partial charge in [-0.25, -0.2) is 0 Å². The second kappa shape index (κ2) is 8.27. The number of hydrogen-bond acceptors (Lipinski definition) is 4. The third-order valence-corrected chi connectivity index (χ3v) is 6.61. The molecule has 1 aromatic carbocycles. The second-order valence-electron chi connectivity index (χ2n) is 9.14. The number of hydrogen-bond donors (Lipinski definition) is 0. The van der Waals surface area contributed by atoms with E-state index in [9.17, 15) is 4.79 Å². The molecular weight excluding hydrogens is 364 g/mol. The van der Waals surface area contributed by atoms with Crippen molar-refractivity contribution in [3.8, 4) is 0 Å². The third kappa shape index (κ3) is 4.08. The van der Waals surface area contributed by atoms with Gasteiger partial charge >= 0.3 is 0 Å². The lowest BCUT2D eigenvalue weighted by Gasteiger charge is -2.37. The fourth-order valence-electron chi connectivity index (χ4n) is 4.95. The van der Waals surface area contributed by atoms with Crippen LogP contribution in [0.3, 0.4) is 0 Å². The van der Waals surface area contributed by atoms with Crippen LogP contribution >= 0.6 is 0 Å². The maximum absolute atomic E-state index is 13.2. The van der Waals surface area contributed by atoms with Crippen LogP contribution in [0.1, 0.15) is 49.6 Å². The number of benzene rings is 1. The molecule has 4 rings (SSSR count). The zero-order valence-corrected chi connectivity index (χ0v) is 17.8. The molecule has 0 N–H and O–H groups in total. The van der Waals surface area contributed by atoms with Crippen LogP contribution in [-0.4, -0.2) is 51.9 Å². The number of nitrogens with zero attached hydrogens (tertiary/aromatic N) is 4. The summed E-state index contributed by atoms with van der Waals surface area (Å²) in [6.07, 6.45) is 4.26. The van der Waals surface area contributed by atoms with Gasteiger partial charge in [-0.1, -0.05) is 38.1 Å². The Morgan fingerprint density at radius 3 is 2.76 bits per heavy atom. The SMILES string of the molecule is Cc1ccccc1CC(=O)N1CC(c2nncn2CC(C)C)C2(CCOCC2)C1. The Balaban J connectivity index is 1.59. The van der Waals surface area contributed by atoms with Gasteiger partial charge in [0.05, 0.1) is 6.42 Å². The summed E-state index contributed by atoms with van der Waals surface area (Å²) in [4.78, 5) is 15.3. The minimum atomic E-state index is 0.0431. The van der Waals surface area contributed by atoms with Crippen molar-refractivity contribution in [1.82, 2.24) is 19.7 Å². The van der Waals surface area contributed by atoms with Crippen molar-refractivity contribution in [1.29, 1.82) is 0 Å². The lowest BCUT2D eigenvalue weighted by atomic mass is 9.71. The highest BCUT2D eigenvalue weighted by Crippen LogP contribution is 2.49. The normalized spacial score (nSPS) is 21.2. The number of amides is 1. The summed E-state index contributed by atoms with van der Waals surface area (Å²) in [6.45, 7) is 10.4. The summed E-state index contributed by atoms with van der Waals surface area (Å²) in [5.74, 6) is 1.98. The van der Waals surface area contributed by atoms with Crippen molar-refractivity contribution in [3.63, 3.8) is 0 Å². The summed E-state index contributed by atoms with van der Waals surface area (Å²) in [5.41, 5.74) is 2.33. The van der Waals surface area contributed by atoms with Gasteiger partial charge in [-0.2, -0.15) is 0 Å².